The first-order chi connectivity index (χ1) is 10.2. The van der Waals surface area contributed by atoms with Crippen LogP contribution in [0.3, 0.4) is 0 Å². The Morgan fingerprint density at radius 3 is 2.67 bits per heavy atom. The van der Waals surface area contributed by atoms with Crippen molar-refractivity contribution >= 4 is 11.7 Å². The maximum atomic E-state index is 12.1. The average Bonchev–Trinajstić information content (AvgIpc) is 2.98. The number of amides is 1. The van der Waals surface area contributed by atoms with Gasteiger partial charge in [0.05, 0.1) is 0 Å². The van der Waals surface area contributed by atoms with Gasteiger partial charge >= 0.3 is 0 Å². The highest BCUT2D eigenvalue weighted by Crippen LogP contribution is 2.20. The number of carbonyl (C=O) groups is 1. The number of benzene rings is 1. The second-order valence-electron chi connectivity index (χ2n) is 4.56. The van der Waals surface area contributed by atoms with E-state index in [-0.39, 0.29) is 11.6 Å². The zero-order valence-electron chi connectivity index (χ0n) is 11.4. The Bertz CT molecular complexity index is 766. The molecule has 2 heterocycles. The molecule has 3 aromatic rings. The van der Waals surface area contributed by atoms with Crippen molar-refractivity contribution in [2.75, 3.05) is 5.32 Å². The van der Waals surface area contributed by atoms with E-state index in [0.29, 0.717) is 11.6 Å². The predicted octanol–water partition coefficient (Wildman–Crippen LogP) is 3.30. The summed E-state index contributed by atoms with van der Waals surface area (Å²) in [4.78, 5) is 16.3. The van der Waals surface area contributed by atoms with Gasteiger partial charge in [-0.2, -0.15) is 0 Å². The SMILES string of the molecule is Cc1cccc(NC(=O)c2cc(-c3ccccc3)on2)n1. The Morgan fingerprint density at radius 1 is 1.10 bits per heavy atom. The van der Waals surface area contributed by atoms with Crippen molar-refractivity contribution in [3.05, 3.63) is 66.0 Å². The summed E-state index contributed by atoms with van der Waals surface area (Å²) in [6, 6.07) is 16.5. The minimum absolute atomic E-state index is 0.220. The maximum Gasteiger partial charge on any atom is 0.279 e. The summed E-state index contributed by atoms with van der Waals surface area (Å²) < 4.78 is 5.20. The summed E-state index contributed by atoms with van der Waals surface area (Å²) >= 11 is 0. The van der Waals surface area contributed by atoms with Crippen LogP contribution < -0.4 is 5.32 Å². The second-order valence-corrected chi connectivity index (χ2v) is 4.56. The third-order valence-electron chi connectivity index (χ3n) is 2.93. The molecule has 104 valence electrons. The summed E-state index contributed by atoms with van der Waals surface area (Å²) in [5.41, 5.74) is 1.92. The van der Waals surface area contributed by atoms with E-state index < -0.39 is 0 Å². The van der Waals surface area contributed by atoms with Crippen LogP contribution in [-0.4, -0.2) is 16.0 Å². The minimum Gasteiger partial charge on any atom is -0.355 e. The zero-order valence-corrected chi connectivity index (χ0v) is 11.4. The minimum atomic E-state index is -0.348. The number of hydrogen-bond acceptors (Lipinski definition) is 4. The lowest BCUT2D eigenvalue weighted by atomic mass is 10.1. The molecular weight excluding hydrogens is 266 g/mol. The molecule has 1 N–H and O–H groups in total. The van der Waals surface area contributed by atoms with Gasteiger partial charge in [0.1, 0.15) is 5.82 Å². The number of aromatic nitrogens is 2. The van der Waals surface area contributed by atoms with Gasteiger partial charge in [0.25, 0.3) is 5.91 Å². The van der Waals surface area contributed by atoms with Gasteiger partial charge in [-0.3, -0.25) is 4.79 Å². The number of nitrogens with zero attached hydrogens (tertiary/aromatic N) is 2. The smallest absolute Gasteiger partial charge is 0.279 e. The van der Waals surface area contributed by atoms with E-state index in [0.717, 1.165) is 11.3 Å². The highest BCUT2D eigenvalue weighted by Gasteiger charge is 2.14. The van der Waals surface area contributed by atoms with E-state index in [1.807, 2.05) is 49.4 Å². The maximum absolute atomic E-state index is 12.1. The molecule has 0 bridgehead atoms. The summed E-state index contributed by atoms with van der Waals surface area (Å²) in [7, 11) is 0. The molecule has 0 radical (unpaired) electrons. The van der Waals surface area contributed by atoms with Gasteiger partial charge in [-0.1, -0.05) is 41.6 Å². The molecule has 2 aromatic heterocycles. The van der Waals surface area contributed by atoms with E-state index in [2.05, 4.69) is 15.5 Å². The van der Waals surface area contributed by atoms with Crippen LogP contribution in [0, 0.1) is 6.92 Å². The second kappa shape index (κ2) is 5.58. The molecule has 0 saturated carbocycles. The fourth-order valence-corrected chi connectivity index (χ4v) is 1.91. The first kappa shape index (κ1) is 13.1. The van der Waals surface area contributed by atoms with Crippen LogP contribution in [0.1, 0.15) is 16.2 Å². The van der Waals surface area contributed by atoms with Gasteiger partial charge in [0.15, 0.2) is 11.5 Å². The molecule has 0 aliphatic carbocycles. The topological polar surface area (TPSA) is 68.0 Å². The number of aryl methyl sites for hydroxylation is 1. The highest BCUT2D eigenvalue weighted by atomic mass is 16.5. The highest BCUT2D eigenvalue weighted by molar-refractivity contribution is 6.02. The standard InChI is InChI=1S/C16H13N3O2/c1-11-6-5-9-15(17-11)18-16(20)13-10-14(21-19-13)12-7-3-2-4-8-12/h2-10H,1H3,(H,17,18,20). The number of hydrogen-bond donors (Lipinski definition) is 1. The van der Waals surface area contributed by atoms with Crippen LogP contribution in [0.5, 0.6) is 0 Å². The van der Waals surface area contributed by atoms with Gasteiger partial charge < -0.3 is 9.84 Å². The van der Waals surface area contributed by atoms with Gasteiger partial charge in [-0.25, -0.2) is 4.98 Å². The molecule has 0 fully saturated rings. The van der Waals surface area contributed by atoms with Crippen molar-refractivity contribution in [1.29, 1.82) is 0 Å². The van der Waals surface area contributed by atoms with Crippen molar-refractivity contribution in [3.63, 3.8) is 0 Å². The molecule has 0 atom stereocenters. The average molecular weight is 279 g/mol. The quantitative estimate of drug-likeness (QED) is 0.798. The molecule has 1 amide bonds. The molecule has 0 unspecified atom stereocenters. The molecule has 0 aliphatic rings. The van der Waals surface area contributed by atoms with Crippen molar-refractivity contribution < 1.29 is 9.32 Å². The fourth-order valence-electron chi connectivity index (χ4n) is 1.91. The van der Waals surface area contributed by atoms with E-state index in [1.54, 1.807) is 12.1 Å². The number of anilines is 1. The molecule has 0 saturated heterocycles. The van der Waals surface area contributed by atoms with Gasteiger partial charge in [0, 0.05) is 17.3 Å². The molecule has 0 spiro atoms. The van der Waals surface area contributed by atoms with Crippen LogP contribution in [0.25, 0.3) is 11.3 Å². The lowest BCUT2D eigenvalue weighted by molar-refractivity contribution is 0.101. The van der Waals surface area contributed by atoms with E-state index >= 15 is 0 Å². The molecule has 21 heavy (non-hydrogen) atoms. The van der Waals surface area contributed by atoms with Gasteiger partial charge in [-0.05, 0) is 19.1 Å². The largest absolute Gasteiger partial charge is 0.355 e. The predicted molar refractivity (Wildman–Crippen MR) is 78.9 cm³/mol. The van der Waals surface area contributed by atoms with Crippen LogP contribution >= 0.6 is 0 Å². The number of rotatable bonds is 3. The normalized spacial score (nSPS) is 10.3. The first-order valence-corrected chi connectivity index (χ1v) is 6.49. The summed E-state index contributed by atoms with van der Waals surface area (Å²) in [5.74, 6) is 0.696. The Kier molecular flexibility index (Phi) is 3.47. The summed E-state index contributed by atoms with van der Waals surface area (Å²) in [6.45, 7) is 1.86. The van der Waals surface area contributed by atoms with Crippen molar-refractivity contribution in [2.24, 2.45) is 0 Å². The molecule has 3 rings (SSSR count). The van der Waals surface area contributed by atoms with Crippen LogP contribution in [0.2, 0.25) is 0 Å². The van der Waals surface area contributed by atoms with Crippen LogP contribution in [0.4, 0.5) is 5.82 Å². The summed E-state index contributed by atoms with van der Waals surface area (Å²) in [6.07, 6.45) is 0. The van der Waals surface area contributed by atoms with Crippen LogP contribution in [-0.2, 0) is 0 Å². The zero-order chi connectivity index (χ0) is 14.7. The number of carbonyl (C=O) groups excluding carboxylic acids is 1. The lowest BCUT2D eigenvalue weighted by Crippen LogP contribution is -2.13. The first-order valence-electron chi connectivity index (χ1n) is 6.49. The lowest BCUT2D eigenvalue weighted by Gasteiger charge is -2.01. The van der Waals surface area contributed by atoms with Gasteiger partial charge in [-0.15, -0.1) is 0 Å². The number of pyridine rings is 1. The Labute approximate surface area is 121 Å². The Morgan fingerprint density at radius 2 is 1.90 bits per heavy atom. The summed E-state index contributed by atoms with van der Waals surface area (Å²) in [5, 5.41) is 6.49. The van der Waals surface area contributed by atoms with Gasteiger partial charge in [0.2, 0.25) is 0 Å². The third kappa shape index (κ3) is 2.97. The van der Waals surface area contributed by atoms with Crippen LogP contribution in [0.15, 0.2) is 59.1 Å². The van der Waals surface area contributed by atoms with E-state index in [9.17, 15) is 4.79 Å². The van der Waals surface area contributed by atoms with Crippen molar-refractivity contribution in [3.8, 4) is 11.3 Å². The molecule has 5 heteroatoms. The van der Waals surface area contributed by atoms with E-state index in [4.69, 9.17) is 4.52 Å². The van der Waals surface area contributed by atoms with Crippen molar-refractivity contribution in [1.82, 2.24) is 10.1 Å². The monoisotopic (exact) mass is 279 g/mol. The number of nitrogens with one attached hydrogen (secondary N) is 1. The Hall–Kier alpha value is -2.95. The Balaban J connectivity index is 1.78. The molecule has 0 aliphatic heterocycles. The molecule has 5 nitrogen and oxygen atoms in total. The van der Waals surface area contributed by atoms with Crippen molar-refractivity contribution in [2.45, 2.75) is 6.92 Å². The van der Waals surface area contributed by atoms with E-state index in [1.165, 1.54) is 0 Å². The fraction of sp³-hybridized carbons (Fsp3) is 0.0625. The third-order valence-corrected chi connectivity index (χ3v) is 2.93. The molecule has 1 aromatic carbocycles. The molecular formula is C16H13N3O2.